The predicted molar refractivity (Wildman–Crippen MR) is 90.0 cm³/mol. The maximum atomic E-state index is 13.0. The number of methoxy groups -OCH3 is 1. The van der Waals surface area contributed by atoms with E-state index in [1.165, 1.54) is 17.5 Å². The van der Waals surface area contributed by atoms with Gasteiger partial charge in [0.05, 0.1) is 7.11 Å². The summed E-state index contributed by atoms with van der Waals surface area (Å²) < 4.78 is 32.1. The van der Waals surface area contributed by atoms with E-state index in [0.29, 0.717) is 0 Å². The van der Waals surface area contributed by atoms with Crippen LogP contribution in [0.1, 0.15) is 29.1 Å². The lowest BCUT2D eigenvalue weighted by Gasteiger charge is -2.26. The summed E-state index contributed by atoms with van der Waals surface area (Å²) in [5, 5.41) is 1.58. The third-order valence-electron chi connectivity index (χ3n) is 3.34. The molecule has 0 saturated carbocycles. The summed E-state index contributed by atoms with van der Waals surface area (Å²) in [6.07, 6.45) is 0. The first-order chi connectivity index (χ1) is 10.9. The topological polar surface area (TPSA) is 63.7 Å². The Labute approximate surface area is 140 Å². The van der Waals surface area contributed by atoms with E-state index >= 15 is 0 Å². The van der Waals surface area contributed by atoms with Crippen molar-refractivity contribution in [2.75, 3.05) is 7.11 Å². The maximum absolute atomic E-state index is 13.0. The summed E-state index contributed by atoms with van der Waals surface area (Å²) in [7, 11) is -2.56. The lowest BCUT2D eigenvalue weighted by Crippen LogP contribution is -2.36. The van der Waals surface area contributed by atoms with Gasteiger partial charge in [-0.15, -0.1) is 11.3 Å². The van der Waals surface area contributed by atoms with E-state index in [-0.39, 0.29) is 22.4 Å². The summed E-state index contributed by atoms with van der Waals surface area (Å²) in [5.41, 5.74) is 0.889. The van der Waals surface area contributed by atoms with Gasteiger partial charge in [0.15, 0.2) is 0 Å². The smallest absolute Gasteiger partial charge is 0.349 e. The Morgan fingerprint density at radius 2 is 1.87 bits per heavy atom. The van der Waals surface area contributed by atoms with Gasteiger partial charge in [-0.05, 0) is 30.9 Å². The molecule has 0 atom stereocenters. The molecule has 0 bridgehead atoms. The van der Waals surface area contributed by atoms with Crippen LogP contribution in [-0.4, -0.2) is 31.8 Å². The Bertz CT molecular complexity index is 766. The van der Waals surface area contributed by atoms with Crippen molar-refractivity contribution >= 4 is 27.3 Å². The standard InChI is InChI=1S/C16H19NO4S2/c1-12(2)17(11-13-7-5-4-6-8-13)23(19,20)14-9-10-22-15(14)16(18)21-3/h4-10,12H,11H2,1-3H3. The fourth-order valence-corrected chi connectivity index (χ4v) is 5.11. The molecule has 124 valence electrons. The van der Waals surface area contributed by atoms with Gasteiger partial charge in [-0.2, -0.15) is 4.31 Å². The molecule has 1 aromatic heterocycles. The van der Waals surface area contributed by atoms with Crippen molar-refractivity contribution in [1.29, 1.82) is 0 Å². The van der Waals surface area contributed by atoms with Crippen molar-refractivity contribution in [2.45, 2.75) is 31.3 Å². The fraction of sp³-hybridized carbons (Fsp3) is 0.312. The van der Waals surface area contributed by atoms with E-state index in [0.717, 1.165) is 16.9 Å². The minimum atomic E-state index is -3.80. The van der Waals surface area contributed by atoms with E-state index in [1.807, 2.05) is 44.2 Å². The highest BCUT2D eigenvalue weighted by Gasteiger charge is 2.32. The summed E-state index contributed by atoms with van der Waals surface area (Å²) in [6, 6.07) is 10.6. The molecule has 0 amide bonds. The van der Waals surface area contributed by atoms with E-state index in [2.05, 4.69) is 4.74 Å². The first-order valence-corrected chi connectivity index (χ1v) is 9.41. The van der Waals surface area contributed by atoms with E-state index in [4.69, 9.17) is 0 Å². The number of esters is 1. The number of hydrogen-bond donors (Lipinski definition) is 0. The molecule has 0 saturated heterocycles. The van der Waals surface area contributed by atoms with Crippen molar-refractivity contribution in [3.05, 3.63) is 52.2 Å². The summed E-state index contributed by atoms with van der Waals surface area (Å²) in [5.74, 6) is -0.637. The second-order valence-corrected chi connectivity index (χ2v) is 8.01. The van der Waals surface area contributed by atoms with Crippen LogP contribution >= 0.6 is 11.3 Å². The quantitative estimate of drug-likeness (QED) is 0.749. The molecular weight excluding hydrogens is 334 g/mol. The average Bonchev–Trinajstić information content (AvgIpc) is 3.03. The SMILES string of the molecule is COC(=O)c1sccc1S(=O)(=O)N(Cc1ccccc1)C(C)C. The van der Waals surface area contributed by atoms with Crippen molar-refractivity contribution in [2.24, 2.45) is 0 Å². The van der Waals surface area contributed by atoms with E-state index in [9.17, 15) is 13.2 Å². The molecule has 2 aromatic rings. The van der Waals surface area contributed by atoms with Gasteiger partial charge in [-0.1, -0.05) is 30.3 Å². The molecule has 1 aromatic carbocycles. The maximum Gasteiger partial charge on any atom is 0.349 e. The molecule has 23 heavy (non-hydrogen) atoms. The molecule has 0 radical (unpaired) electrons. The molecule has 0 unspecified atom stereocenters. The molecule has 2 rings (SSSR count). The highest BCUT2D eigenvalue weighted by atomic mass is 32.2. The molecule has 0 aliphatic carbocycles. The monoisotopic (exact) mass is 353 g/mol. The second kappa shape index (κ2) is 7.25. The summed E-state index contributed by atoms with van der Waals surface area (Å²) >= 11 is 1.06. The van der Waals surface area contributed by atoms with Crippen LogP contribution in [0.25, 0.3) is 0 Å². The van der Waals surface area contributed by atoms with Gasteiger partial charge >= 0.3 is 5.97 Å². The Morgan fingerprint density at radius 1 is 1.22 bits per heavy atom. The first kappa shape index (κ1) is 17.7. The number of hydrogen-bond acceptors (Lipinski definition) is 5. The Morgan fingerprint density at radius 3 is 2.43 bits per heavy atom. The van der Waals surface area contributed by atoms with Crippen molar-refractivity contribution in [3.8, 4) is 0 Å². The van der Waals surface area contributed by atoms with Crippen LogP contribution in [-0.2, 0) is 21.3 Å². The minimum absolute atomic E-state index is 0.000943. The average molecular weight is 353 g/mol. The van der Waals surface area contributed by atoms with Gasteiger partial charge in [0.1, 0.15) is 9.77 Å². The van der Waals surface area contributed by atoms with Crippen LogP contribution in [0.3, 0.4) is 0 Å². The van der Waals surface area contributed by atoms with Gasteiger partial charge in [0.25, 0.3) is 0 Å². The Kier molecular flexibility index (Phi) is 5.56. The van der Waals surface area contributed by atoms with Crippen LogP contribution in [0.4, 0.5) is 0 Å². The van der Waals surface area contributed by atoms with Gasteiger partial charge in [0, 0.05) is 12.6 Å². The molecule has 0 aliphatic heterocycles. The molecule has 1 heterocycles. The van der Waals surface area contributed by atoms with Crippen molar-refractivity contribution in [3.63, 3.8) is 0 Å². The number of rotatable bonds is 6. The van der Waals surface area contributed by atoms with Crippen molar-refractivity contribution in [1.82, 2.24) is 4.31 Å². The van der Waals surface area contributed by atoms with E-state index < -0.39 is 16.0 Å². The molecule has 0 spiro atoms. The third kappa shape index (κ3) is 3.80. The molecule has 7 heteroatoms. The van der Waals surface area contributed by atoms with Gasteiger partial charge < -0.3 is 4.74 Å². The second-order valence-electron chi connectivity index (χ2n) is 5.24. The van der Waals surface area contributed by atoms with Crippen LogP contribution in [0.15, 0.2) is 46.7 Å². The summed E-state index contributed by atoms with van der Waals surface area (Å²) in [4.78, 5) is 11.9. The zero-order valence-corrected chi connectivity index (χ0v) is 14.9. The highest BCUT2D eigenvalue weighted by Crippen LogP contribution is 2.28. The van der Waals surface area contributed by atoms with Crippen molar-refractivity contribution < 1.29 is 17.9 Å². The van der Waals surface area contributed by atoms with Crippen LogP contribution in [0.2, 0.25) is 0 Å². The lowest BCUT2D eigenvalue weighted by atomic mass is 10.2. The van der Waals surface area contributed by atoms with Gasteiger partial charge in [0.2, 0.25) is 10.0 Å². The summed E-state index contributed by atoms with van der Waals surface area (Å²) in [6.45, 7) is 3.87. The molecule has 0 N–H and O–H groups in total. The Balaban J connectivity index is 2.42. The fourth-order valence-electron chi connectivity index (χ4n) is 2.18. The van der Waals surface area contributed by atoms with E-state index in [1.54, 1.807) is 5.38 Å². The highest BCUT2D eigenvalue weighted by molar-refractivity contribution is 7.89. The first-order valence-electron chi connectivity index (χ1n) is 7.09. The van der Waals surface area contributed by atoms with Gasteiger partial charge in [-0.3, -0.25) is 0 Å². The minimum Gasteiger partial charge on any atom is -0.465 e. The third-order valence-corrected chi connectivity index (χ3v) is 6.43. The number of nitrogens with zero attached hydrogens (tertiary/aromatic N) is 1. The van der Waals surface area contributed by atoms with Crippen LogP contribution in [0.5, 0.6) is 0 Å². The predicted octanol–water partition coefficient (Wildman–Crippen LogP) is 3.13. The molecule has 0 fully saturated rings. The Hall–Kier alpha value is -1.70. The number of thiophene rings is 1. The van der Waals surface area contributed by atoms with Gasteiger partial charge in [-0.25, -0.2) is 13.2 Å². The normalized spacial score (nSPS) is 11.9. The number of ether oxygens (including phenoxy) is 1. The largest absolute Gasteiger partial charge is 0.465 e. The van der Waals surface area contributed by atoms with Crippen LogP contribution < -0.4 is 0 Å². The zero-order valence-electron chi connectivity index (χ0n) is 13.2. The number of carbonyl (C=O) groups excluding carboxylic acids is 1. The number of sulfonamides is 1. The lowest BCUT2D eigenvalue weighted by molar-refractivity contribution is 0.0602. The molecular formula is C16H19NO4S2. The molecule has 5 nitrogen and oxygen atoms in total. The number of benzene rings is 1. The molecule has 0 aliphatic rings. The number of carbonyl (C=O) groups is 1. The zero-order chi connectivity index (χ0) is 17.0. The van der Waals surface area contributed by atoms with Crippen LogP contribution in [0, 0.1) is 0 Å².